The van der Waals surface area contributed by atoms with Crippen LogP contribution in [-0.2, 0) is 14.0 Å². The molecule has 0 radical (unpaired) electrons. The van der Waals surface area contributed by atoms with Crippen molar-refractivity contribution in [2.75, 3.05) is 26.9 Å². The van der Waals surface area contributed by atoms with Gasteiger partial charge in [-0.25, -0.2) is 0 Å². The maximum atomic E-state index is 5.88. The molecular formula is C14H21BO4. The van der Waals surface area contributed by atoms with E-state index in [-0.39, 0.29) is 12.7 Å². The lowest BCUT2D eigenvalue weighted by Crippen LogP contribution is -2.35. The highest BCUT2D eigenvalue weighted by Gasteiger charge is 2.39. The van der Waals surface area contributed by atoms with E-state index in [0.29, 0.717) is 19.8 Å². The van der Waals surface area contributed by atoms with Crippen LogP contribution in [0.15, 0.2) is 24.3 Å². The zero-order valence-electron chi connectivity index (χ0n) is 11.8. The highest BCUT2D eigenvalue weighted by Crippen LogP contribution is 2.22. The van der Waals surface area contributed by atoms with Crippen molar-refractivity contribution < 1.29 is 18.8 Å². The molecule has 1 aromatic rings. The minimum Gasteiger partial charge on any atom is -0.494 e. The minimum atomic E-state index is -0.339. The molecule has 5 heteroatoms. The first-order chi connectivity index (χ1) is 9.12. The van der Waals surface area contributed by atoms with Crippen molar-refractivity contribution in [1.82, 2.24) is 0 Å². The lowest BCUT2D eigenvalue weighted by Gasteiger charge is -2.17. The molecule has 0 spiro atoms. The Kier molecular flexibility index (Phi) is 4.85. The molecule has 104 valence electrons. The van der Waals surface area contributed by atoms with Crippen LogP contribution in [0.4, 0.5) is 0 Å². The quantitative estimate of drug-likeness (QED) is 0.578. The van der Waals surface area contributed by atoms with Crippen molar-refractivity contribution in [3.8, 4) is 5.75 Å². The first-order valence-corrected chi connectivity index (χ1v) is 6.62. The average Bonchev–Trinajstić information content (AvgIpc) is 2.75. The van der Waals surface area contributed by atoms with Crippen LogP contribution in [-0.4, -0.2) is 39.6 Å². The van der Waals surface area contributed by atoms with Crippen LogP contribution in [0.1, 0.15) is 20.3 Å². The van der Waals surface area contributed by atoms with Crippen LogP contribution in [0.2, 0.25) is 0 Å². The third kappa shape index (κ3) is 3.96. The van der Waals surface area contributed by atoms with Gasteiger partial charge in [-0.05, 0) is 19.9 Å². The lowest BCUT2D eigenvalue weighted by molar-refractivity contribution is 0.137. The van der Waals surface area contributed by atoms with Crippen LogP contribution >= 0.6 is 0 Å². The molecule has 1 saturated heterocycles. The molecule has 2 rings (SSSR count). The molecule has 0 aliphatic carbocycles. The van der Waals surface area contributed by atoms with Crippen molar-refractivity contribution >= 4 is 12.6 Å². The third-order valence-electron chi connectivity index (χ3n) is 2.93. The molecule has 1 heterocycles. The number of benzene rings is 1. The Balaban J connectivity index is 2.00. The smallest absolute Gasteiger partial charge is 0.494 e. The highest BCUT2D eigenvalue weighted by atomic mass is 16.7. The number of hydrogen-bond acceptors (Lipinski definition) is 4. The summed E-state index contributed by atoms with van der Waals surface area (Å²) < 4.78 is 22.4. The highest BCUT2D eigenvalue weighted by molar-refractivity contribution is 6.63. The van der Waals surface area contributed by atoms with Crippen molar-refractivity contribution in [2.24, 2.45) is 0 Å². The first-order valence-electron chi connectivity index (χ1n) is 6.62. The fraction of sp³-hybridized carbons (Fsp3) is 0.571. The largest absolute Gasteiger partial charge is 0.498 e. The molecule has 0 amide bonds. The number of methoxy groups -OCH3 is 1. The number of ether oxygens (including phenoxy) is 2. The average molecular weight is 264 g/mol. The first kappa shape index (κ1) is 14.4. The molecule has 0 saturated carbocycles. The molecule has 0 atom stereocenters. The van der Waals surface area contributed by atoms with Crippen LogP contribution in [0.3, 0.4) is 0 Å². The van der Waals surface area contributed by atoms with Crippen molar-refractivity contribution in [1.29, 1.82) is 0 Å². The number of hydrogen-bond donors (Lipinski definition) is 0. The van der Waals surface area contributed by atoms with Gasteiger partial charge in [-0.15, -0.1) is 0 Å². The van der Waals surface area contributed by atoms with Gasteiger partial charge in [0.2, 0.25) is 0 Å². The summed E-state index contributed by atoms with van der Waals surface area (Å²) in [6, 6.07) is 7.85. The van der Waals surface area contributed by atoms with Gasteiger partial charge in [0.05, 0.1) is 18.8 Å². The number of rotatable bonds is 6. The van der Waals surface area contributed by atoms with Gasteiger partial charge in [-0.3, -0.25) is 0 Å². The Labute approximate surface area is 115 Å². The topological polar surface area (TPSA) is 36.9 Å². The molecule has 0 unspecified atom stereocenters. The molecule has 0 N–H and O–H groups in total. The summed E-state index contributed by atoms with van der Waals surface area (Å²) in [5, 5.41) is 0. The van der Waals surface area contributed by atoms with Crippen molar-refractivity contribution in [2.45, 2.75) is 25.9 Å². The molecule has 0 bridgehead atoms. The summed E-state index contributed by atoms with van der Waals surface area (Å²) in [5.41, 5.74) is 0.707. The van der Waals surface area contributed by atoms with E-state index in [0.717, 1.165) is 17.6 Å². The maximum absolute atomic E-state index is 5.88. The Hall–Kier alpha value is -1.04. The minimum absolute atomic E-state index is 0.242. The van der Waals surface area contributed by atoms with Gasteiger partial charge < -0.3 is 18.8 Å². The molecule has 19 heavy (non-hydrogen) atoms. The molecular weight excluding hydrogens is 243 g/mol. The van der Waals surface area contributed by atoms with Gasteiger partial charge in [0.25, 0.3) is 0 Å². The van der Waals surface area contributed by atoms with Crippen LogP contribution in [0.5, 0.6) is 5.75 Å². The lowest BCUT2D eigenvalue weighted by atomic mass is 9.78. The predicted octanol–water partition coefficient (Wildman–Crippen LogP) is 1.62. The van der Waals surface area contributed by atoms with Gasteiger partial charge in [-0.2, -0.15) is 0 Å². The van der Waals surface area contributed by atoms with Gasteiger partial charge in [0.15, 0.2) is 0 Å². The van der Waals surface area contributed by atoms with Gasteiger partial charge in [0, 0.05) is 25.6 Å². The fourth-order valence-electron chi connectivity index (χ4n) is 1.98. The van der Waals surface area contributed by atoms with E-state index in [1.54, 1.807) is 7.11 Å². The van der Waals surface area contributed by atoms with E-state index < -0.39 is 0 Å². The molecule has 0 aromatic heterocycles. The summed E-state index contributed by atoms with van der Waals surface area (Å²) in [7, 11) is 1.35. The third-order valence-corrected chi connectivity index (χ3v) is 2.93. The van der Waals surface area contributed by atoms with Crippen LogP contribution in [0, 0.1) is 0 Å². The summed E-state index contributed by atoms with van der Waals surface area (Å²) in [6.07, 6.45) is 0.864. The van der Waals surface area contributed by atoms with E-state index in [9.17, 15) is 0 Å². The SMILES string of the molecule is COCCCOc1ccccc1B1OCC(C)(C)O1. The van der Waals surface area contributed by atoms with Crippen LogP contribution < -0.4 is 10.2 Å². The monoisotopic (exact) mass is 264 g/mol. The summed E-state index contributed by atoms with van der Waals surface area (Å²) in [4.78, 5) is 0. The zero-order chi connectivity index (χ0) is 13.7. The van der Waals surface area contributed by atoms with Crippen LogP contribution in [0.25, 0.3) is 0 Å². The van der Waals surface area contributed by atoms with Crippen molar-refractivity contribution in [3.05, 3.63) is 24.3 Å². The maximum Gasteiger partial charge on any atom is 0.498 e. The Bertz CT molecular complexity index is 408. The summed E-state index contributed by atoms with van der Waals surface area (Å²) in [5.74, 6) is 0.821. The number of para-hydroxylation sites is 1. The van der Waals surface area contributed by atoms with E-state index >= 15 is 0 Å². The Morgan fingerprint density at radius 2 is 2.05 bits per heavy atom. The molecule has 1 fully saturated rings. The summed E-state index contributed by atoms with van der Waals surface area (Å²) >= 11 is 0. The second kappa shape index (κ2) is 6.41. The Morgan fingerprint density at radius 1 is 1.26 bits per heavy atom. The molecule has 1 aromatic carbocycles. The standard InChI is InChI=1S/C14H21BO4/c1-14(2)11-18-15(19-14)12-7-4-5-8-13(12)17-10-6-9-16-3/h4-5,7-8H,6,9-11H2,1-3H3. The van der Waals surface area contributed by atoms with E-state index in [2.05, 4.69) is 0 Å². The molecule has 1 aliphatic heterocycles. The second-order valence-electron chi connectivity index (χ2n) is 5.25. The normalized spacial score (nSPS) is 17.7. The van der Waals surface area contributed by atoms with Gasteiger partial charge in [0.1, 0.15) is 5.75 Å². The van der Waals surface area contributed by atoms with E-state index in [1.165, 1.54) is 0 Å². The zero-order valence-corrected chi connectivity index (χ0v) is 11.8. The molecule has 4 nitrogen and oxygen atoms in total. The van der Waals surface area contributed by atoms with Gasteiger partial charge >= 0.3 is 7.12 Å². The second-order valence-corrected chi connectivity index (χ2v) is 5.25. The van der Waals surface area contributed by atoms with E-state index in [4.69, 9.17) is 18.8 Å². The molecule has 1 aliphatic rings. The van der Waals surface area contributed by atoms with Crippen molar-refractivity contribution in [3.63, 3.8) is 0 Å². The predicted molar refractivity (Wildman–Crippen MR) is 74.9 cm³/mol. The van der Waals surface area contributed by atoms with Gasteiger partial charge in [-0.1, -0.05) is 18.2 Å². The van der Waals surface area contributed by atoms with E-state index in [1.807, 2.05) is 38.1 Å². The summed E-state index contributed by atoms with van der Waals surface area (Å²) in [6.45, 7) is 5.96. The fourth-order valence-corrected chi connectivity index (χ4v) is 1.98. The Morgan fingerprint density at radius 3 is 2.74 bits per heavy atom.